The van der Waals surface area contributed by atoms with E-state index in [0.29, 0.717) is 5.02 Å². The molecule has 2 aromatic rings. The van der Waals surface area contributed by atoms with Gasteiger partial charge in [0, 0.05) is 19.3 Å². The van der Waals surface area contributed by atoms with Crippen LogP contribution in [0.1, 0.15) is 12.8 Å². The summed E-state index contributed by atoms with van der Waals surface area (Å²) in [7, 11) is 0. The first-order chi connectivity index (χ1) is 7.84. The summed E-state index contributed by atoms with van der Waals surface area (Å²) >= 11 is 6.11. The maximum atomic E-state index is 6.11. The largest absolute Gasteiger partial charge is 0.357 e. The Kier molecular flexibility index (Phi) is 2.40. The molecular formula is C12H12ClN3. The van der Waals surface area contributed by atoms with Crippen LogP contribution in [0.3, 0.4) is 0 Å². The number of nitrogens with zero attached hydrogens (tertiary/aromatic N) is 3. The van der Waals surface area contributed by atoms with E-state index < -0.39 is 0 Å². The minimum absolute atomic E-state index is 0.672. The van der Waals surface area contributed by atoms with Crippen LogP contribution in [-0.2, 0) is 0 Å². The third kappa shape index (κ3) is 1.61. The fourth-order valence-corrected chi connectivity index (χ4v) is 2.30. The van der Waals surface area contributed by atoms with Crippen molar-refractivity contribution in [1.82, 2.24) is 9.97 Å². The number of hydrogen-bond acceptors (Lipinski definition) is 3. The second-order valence-corrected chi connectivity index (χ2v) is 4.43. The molecule has 0 unspecified atom stereocenters. The molecule has 0 saturated carbocycles. The van der Waals surface area contributed by atoms with Gasteiger partial charge in [0.15, 0.2) is 0 Å². The first kappa shape index (κ1) is 9.85. The van der Waals surface area contributed by atoms with Gasteiger partial charge < -0.3 is 4.90 Å². The molecule has 2 aromatic heterocycles. The maximum Gasteiger partial charge on any atom is 0.129 e. The normalized spacial score (nSPS) is 15.9. The summed E-state index contributed by atoms with van der Waals surface area (Å²) in [6, 6.07) is 5.80. The maximum absolute atomic E-state index is 6.11. The van der Waals surface area contributed by atoms with Gasteiger partial charge in [-0.15, -0.1) is 0 Å². The zero-order valence-corrected chi connectivity index (χ0v) is 9.61. The number of halogens is 1. The lowest BCUT2D eigenvalue weighted by Gasteiger charge is -2.16. The Morgan fingerprint density at radius 3 is 2.75 bits per heavy atom. The standard InChI is InChI=1S/C12H12ClN3/c13-9-5-6-14-10-3-4-11(15-12(9)10)16-7-1-2-8-16/h3-6H,1-2,7-8H2. The van der Waals surface area contributed by atoms with Crippen LogP contribution in [0.25, 0.3) is 11.0 Å². The quantitative estimate of drug-likeness (QED) is 0.759. The Morgan fingerprint density at radius 1 is 1.12 bits per heavy atom. The van der Waals surface area contributed by atoms with Gasteiger partial charge in [-0.25, -0.2) is 4.98 Å². The second-order valence-electron chi connectivity index (χ2n) is 4.02. The Morgan fingerprint density at radius 2 is 1.94 bits per heavy atom. The monoisotopic (exact) mass is 233 g/mol. The highest BCUT2D eigenvalue weighted by Crippen LogP contribution is 2.24. The molecule has 82 valence electrons. The van der Waals surface area contributed by atoms with Gasteiger partial charge in [0.1, 0.15) is 11.3 Å². The Balaban J connectivity index is 2.10. The van der Waals surface area contributed by atoms with E-state index >= 15 is 0 Å². The van der Waals surface area contributed by atoms with Crippen LogP contribution in [0.15, 0.2) is 24.4 Å². The average molecular weight is 234 g/mol. The summed E-state index contributed by atoms with van der Waals surface area (Å²) in [5.74, 6) is 1.01. The van der Waals surface area contributed by atoms with Gasteiger partial charge in [0.2, 0.25) is 0 Å². The molecule has 0 radical (unpaired) electrons. The van der Waals surface area contributed by atoms with Crippen molar-refractivity contribution in [3.63, 3.8) is 0 Å². The molecule has 1 aliphatic heterocycles. The number of pyridine rings is 2. The van der Waals surface area contributed by atoms with E-state index in [0.717, 1.165) is 29.9 Å². The average Bonchev–Trinajstić information content (AvgIpc) is 2.83. The highest BCUT2D eigenvalue weighted by Gasteiger charge is 2.14. The van der Waals surface area contributed by atoms with Crippen LogP contribution in [0.4, 0.5) is 5.82 Å². The van der Waals surface area contributed by atoms with Gasteiger partial charge in [-0.05, 0) is 31.0 Å². The van der Waals surface area contributed by atoms with Crippen LogP contribution in [0.2, 0.25) is 5.02 Å². The number of fused-ring (bicyclic) bond motifs is 1. The predicted octanol–water partition coefficient (Wildman–Crippen LogP) is 2.88. The second kappa shape index (κ2) is 3.91. The van der Waals surface area contributed by atoms with Crippen LogP contribution in [0.5, 0.6) is 0 Å². The summed E-state index contributed by atoms with van der Waals surface area (Å²) in [6.45, 7) is 2.19. The van der Waals surface area contributed by atoms with E-state index in [-0.39, 0.29) is 0 Å². The Bertz CT molecular complexity index is 521. The van der Waals surface area contributed by atoms with Gasteiger partial charge in [-0.2, -0.15) is 0 Å². The van der Waals surface area contributed by atoms with Crippen LogP contribution < -0.4 is 4.90 Å². The molecule has 3 rings (SSSR count). The minimum Gasteiger partial charge on any atom is -0.357 e. The molecule has 1 saturated heterocycles. The molecule has 0 spiro atoms. The molecule has 0 aliphatic carbocycles. The van der Waals surface area contributed by atoms with Crippen molar-refractivity contribution < 1.29 is 0 Å². The molecular weight excluding hydrogens is 222 g/mol. The number of hydrogen-bond donors (Lipinski definition) is 0. The van der Waals surface area contributed by atoms with Crippen molar-refractivity contribution in [3.8, 4) is 0 Å². The molecule has 0 atom stereocenters. The van der Waals surface area contributed by atoms with E-state index in [4.69, 9.17) is 11.6 Å². The predicted molar refractivity (Wildman–Crippen MR) is 66.0 cm³/mol. The van der Waals surface area contributed by atoms with E-state index in [1.807, 2.05) is 12.1 Å². The van der Waals surface area contributed by atoms with Crippen molar-refractivity contribution in [2.75, 3.05) is 18.0 Å². The van der Waals surface area contributed by atoms with Crippen molar-refractivity contribution in [1.29, 1.82) is 0 Å². The molecule has 3 heterocycles. The highest BCUT2D eigenvalue weighted by atomic mass is 35.5. The molecule has 3 nitrogen and oxygen atoms in total. The fraction of sp³-hybridized carbons (Fsp3) is 0.333. The van der Waals surface area contributed by atoms with E-state index in [1.54, 1.807) is 12.3 Å². The smallest absolute Gasteiger partial charge is 0.129 e. The highest BCUT2D eigenvalue weighted by molar-refractivity contribution is 6.34. The van der Waals surface area contributed by atoms with E-state index in [2.05, 4.69) is 14.9 Å². The lowest BCUT2D eigenvalue weighted by atomic mass is 10.3. The lowest BCUT2D eigenvalue weighted by molar-refractivity contribution is 0.943. The number of aromatic nitrogens is 2. The third-order valence-electron chi connectivity index (χ3n) is 2.95. The summed E-state index contributed by atoms with van der Waals surface area (Å²) in [4.78, 5) is 11.1. The van der Waals surface area contributed by atoms with Crippen molar-refractivity contribution in [2.24, 2.45) is 0 Å². The van der Waals surface area contributed by atoms with Crippen LogP contribution in [0, 0.1) is 0 Å². The van der Waals surface area contributed by atoms with Gasteiger partial charge in [-0.1, -0.05) is 11.6 Å². The summed E-state index contributed by atoms with van der Waals surface area (Å²) in [6.07, 6.45) is 4.21. The SMILES string of the molecule is Clc1ccnc2ccc(N3CCCC3)nc12. The fourth-order valence-electron chi connectivity index (χ4n) is 2.11. The molecule has 16 heavy (non-hydrogen) atoms. The third-order valence-corrected chi connectivity index (χ3v) is 3.26. The molecule has 0 bridgehead atoms. The first-order valence-electron chi connectivity index (χ1n) is 5.51. The van der Waals surface area contributed by atoms with Crippen molar-refractivity contribution in [3.05, 3.63) is 29.4 Å². The Hall–Kier alpha value is -1.35. The van der Waals surface area contributed by atoms with Crippen LogP contribution in [-0.4, -0.2) is 23.1 Å². The van der Waals surface area contributed by atoms with Crippen molar-refractivity contribution >= 4 is 28.5 Å². The topological polar surface area (TPSA) is 29.0 Å². The van der Waals surface area contributed by atoms with Crippen molar-refractivity contribution in [2.45, 2.75) is 12.8 Å². The Labute approximate surface area is 99.1 Å². The molecule has 0 N–H and O–H groups in total. The lowest BCUT2D eigenvalue weighted by Crippen LogP contribution is -2.18. The molecule has 1 fully saturated rings. The molecule has 0 aromatic carbocycles. The number of rotatable bonds is 1. The van der Waals surface area contributed by atoms with E-state index in [9.17, 15) is 0 Å². The van der Waals surface area contributed by atoms with Gasteiger partial charge in [-0.3, -0.25) is 4.98 Å². The summed E-state index contributed by atoms with van der Waals surface area (Å²) in [5, 5.41) is 0.672. The molecule has 4 heteroatoms. The van der Waals surface area contributed by atoms with E-state index in [1.165, 1.54) is 12.8 Å². The summed E-state index contributed by atoms with van der Waals surface area (Å²) in [5.41, 5.74) is 1.66. The summed E-state index contributed by atoms with van der Waals surface area (Å²) < 4.78 is 0. The number of anilines is 1. The molecule has 1 aliphatic rings. The zero-order chi connectivity index (χ0) is 11.0. The minimum atomic E-state index is 0.672. The van der Waals surface area contributed by atoms with Gasteiger partial charge in [0.05, 0.1) is 10.5 Å². The van der Waals surface area contributed by atoms with Gasteiger partial charge in [0.25, 0.3) is 0 Å². The van der Waals surface area contributed by atoms with Crippen LogP contribution >= 0.6 is 11.6 Å². The molecule has 0 amide bonds. The zero-order valence-electron chi connectivity index (χ0n) is 8.86. The van der Waals surface area contributed by atoms with Gasteiger partial charge >= 0.3 is 0 Å². The first-order valence-corrected chi connectivity index (χ1v) is 5.88.